The van der Waals surface area contributed by atoms with Gasteiger partial charge in [0.25, 0.3) is 0 Å². The fraction of sp³-hybridized carbons (Fsp3) is 0.267. The molecule has 0 saturated heterocycles. The molecule has 2 rings (SSSR count). The van der Waals surface area contributed by atoms with E-state index in [1.54, 1.807) is 0 Å². The van der Waals surface area contributed by atoms with Gasteiger partial charge in [-0.05, 0) is 18.6 Å². The van der Waals surface area contributed by atoms with Crippen LogP contribution < -0.4 is 10.2 Å². The molecule has 0 bridgehead atoms. The van der Waals surface area contributed by atoms with Crippen molar-refractivity contribution in [2.75, 3.05) is 30.4 Å². The van der Waals surface area contributed by atoms with Crippen LogP contribution in [0.3, 0.4) is 0 Å². The van der Waals surface area contributed by atoms with E-state index in [0.717, 1.165) is 13.0 Å². The third kappa shape index (κ3) is 4.16. The monoisotopic (exact) mass is 304 g/mol. The molecule has 0 saturated carbocycles. The maximum atomic E-state index is 11.0. The van der Waals surface area contributed by atoms with Crippen molar-refractivity contribution < 1.29 is 4.79 Å². The highest BCUT2D eigenvalue weighted by Gasteiger charge is 2.08. The molecule has 1 N–H and O–H groups in total. The van der Waals surface area contributed by atoms with Gasteiger partial charge in [0.05, 0.1) is 5.56 Å². The van der Waals surface area contributed by atoms with E-state index < -0.39 is 0 Å². The van der Waals surface area contributed by atoms with E-state index in [1.807, 2.05) is 25.2 Å². The minimum atomic E-state index is 0.170. The molecule has 6 heteroatoms. The van der Waals surface area contributed by atoms with Crippen molar-refractivity contribution in [2.45, 2.75) is 6.42 Å². The van der Waals surface area contributed by atoms with Gasteiger partial charge in [-0.3, -0.25) is 4.79 Å². The van der Waals surface area contributed by atoms with Gasteiger partial charge in [0.2, 0.25) is 0 Å². The number of rotatable bonds is 7. The van der Waals surface area contributed by atoms with E-state index in [9.17, 15) is 4.79 Å². The van der Waals surface area contributed by atoms with Gasteiger partial charge in [0, 0.05) is 25.8 Å². The zero-order valence-corrected chi connectivity index (χ0v) is 12.5. The second-order valence-corrected chi connectivity index (χ2v) is 4.94. The van der Waals surface area contributed by atoms with Gasteiger partial charge in [0.1, 0.15) is 17.3 Å². The number of carbonyl (C=O) groups is 1. The number of aldehydes is 1. The van der Waals surface area contributed by atoms with Gasteiger partial charge in [-0.1, -0.05) is 29.8 Å². The fourth-order valence-electron chi connectivity index (χ4n) is 1.95. The van der Waals surface area contributed by atoms with Crippen LogP contribution in [0.25, 0.3) is 0 Å². The van der Waals surface area contributed by atoms with Crippen LogP contribution in [0.1, 0.15) is 16.8 Å². The third-order valence-corrected chi connectivity index (χ3v) is 3.41. The number of carbonyl (C=O) groups excluding carboxylic acids is 1. The molecule has 0 spiro atoms. The molecule has 1 aromatic carbocycles. The lowest BCUT2D eigenvalue weighted by Gasteiger charge is -2.19. The molecule has 0 aliphatic heterocycles. The quantitative estimate of drug-likeness (QED) is 0.484. The number of anilines is 2. The first-order chi connectivity index (χ1) is 10.2. The largest absolute Gasteiger partial charge is 0.375 e. The van der Waals surface area contributed by atoms with Crippen molar-refractivity contribution in [3.63, 3.8) is 0 Å². The molecule has 0 aliphatic rings. The molecule has 0 unspecified atom stereocenters. The molecule has 0 aliphatic carbocycles. The summed E-state index contributed by atoms with van der Waals surface area (Å²) < 4.78 is 0. The Morgan fingerprint density at radius 2 is 2.05 bits per heavy atom. The molecular weight excluding hydrogens is 288 g/mol. The molecule has 110 valence electrons. The summed E-state index contributed by atoms with van der Waals surface area (Å²) in [5.41, 5.74) is 1.48. The second kappa shape index (κ2) is 7.59. The van der Waals surface area contributed by atoms with Gasteiger partial charge >= 0.3 is 0 Å². The van der Waals surface area contributed by atoms with Crippen molar-refractivity contribution in [3.05, 3.63) is 47.4 Å². The molecule has 2 aromatic rings. The molecule has 1 heterocycles. The highest BCUT2D eigenvalue weighted by molar-refractivity contribution is 6.32. The Morgan fingerprint density at radius 1 is 1.29 bits per heavy atom. The van der Waals surface area contributed by atoms with Crippen LogP contribution in [0.15, 0.2) is 36.7 Å². The van der Waals surface area contributed by atoms with Gasteiger partial charge < -0.3 is 10.2 Å². The van der Waals surface area contributed by atoms with Crippen molar-refractivity contribution in [3.8, 4) is 0 Å². The summed E-state index contributed by atoms with van der Waals surface area (Å²) >= 11 is 5.84. The molecule has 0 atom stereocenters. The van der Waals surface area contributed by atoms with Gasteiger partial charge in [-0.25, -0.2) is 9.97 Å². The summed E-state index contributed by atoms with van der Waals surface area (Å²) in [6.07, 6.45) is 2.92. The maximum Gasteiger partial charge on any atom is 0.156 e. The first-order valence-electron chi connectivity index (χ1n) is 6.68. The van der Waals surface area contributed by atoms with Crippen LogP contribution in [-0.2, 0) is 0 Å². The predicted molar refractivity (Wildman–Crippen MR) is 85.2 cm³/mol. The summed E-state index contributed by atoms with van der Waals surface area (Å²) in [5, 5.41) is 3.29. The molecule has 0 radical (unpaired) electrons. The van der Waals surface area contributed by atoms with Crippen LogP contribution in [0.4, 0.5) is 11.5 Å². The number of para-hydroxylation sites is 1. The predicted octanol–water partition coefficient (Wildman–Crippen LogP) is 2.88. The number of halogens is 1. The third-order valence-electron chi connectivity index (χ3n) is 3.11. The maximum absolute atomic E-state index is 11.0. The summed E-state index contributed by atoms with van der Waals surface area (Å²) in [4.78, 5) is 21.0. The van der Waals surface area contributed by atoms with E-state index in [-0.39, 0.29) is 5.15 Å². The lowest BCUT2D eigenvalue weighted by atomic mass is 10.3. The highest BCUT2D eigenvalue weighted by atomic mass is 35.5. The number of hydrogen-bond donors (Lipinski definition) is 1. The molecule has 0 amide bonds. The molecule has 1 aromatic heterocycles. The number of nitrogens with one attached hydrogen (secondary N) is 1. The Balaban J connectivity index is 1.83. The topological polar surface area (TPSA) is 58.1 Å². The zero-order chi connectivity index (χ0) is 15.1. The Hall–Kier alpha value is -2.14. The van der Waals surface area contributed by atoms with E-state index in [1.165, 1.54) is 12.0 Å². The Bertz CT molecular complexity index is 591. The van der Waals surface area contributed by atoms with Crippen molar-refractivity contribution in [1.82, 2.24) is 9.97 Å². The second-order valence-electron chi connectivity index (χ2n) is 4.58. The standard InChI is InChI=1S/C15H17ClN4O/c1-20(12-6-3-2-4-7-12)9-5-8-17-15-13(10-21)14(16)18-11-19-15/h2-4,6-7,10-11H,5,8-9H2,1H3,(H,17,18,19). The van der Waals surface area contributed by atoms with E-state index in [0.29, 0.717) is 24.2 Å². The van der Waals surface area contributed by atoms with E-state index in [4.69, 9.17) is 11.6 Å². The molecule has 0 fully saturated rings. The number of benzene rings is 1. The van der Waals surface area contributed by atoms with Gasteiger partial charge in [-0.15, -0.1) is 0 Å². The highest BCUT2D eigenvalue weighted by Crippen LogP contribution is 2.17. The van der Waals surface area contributed by atoms with Crippen molar-refractivity contribution in [2.24, 2.45) is 0 Å². The molecular formula is C15H17ClN4O. The van der Waals surface area contributed by atoms with Gasteiger partial charge in [-0.2, -0.15) is 0 Å². The molecule has 21 heavy (non-hydrogen) atoms. The lowest BCUT2D eigenvalue weighted by molar-refractivity contribution is 0.112. The summed E-state index contributed by atoms with van der Waals surface area (Å²) in [7, 11) is 2.05. The van der Waals surface area contributed by atoms with Crippen LogP contribution in [0.5, 0.6) is 0 Å². The average Bonchev–Trinajstić information content (AvgIpc) is 2.52. The minimum absolute atomic E-state index is 0.170. The minimum Gasteiger partial charge on any atom is -0.375 e. The summed E-state index contributed by atoms with van der Waals surface area (Å²) in [5.74, 6) is 0.479. The lowest BCUT2D eigenvalue weighted by Crippen LogP contribution is -2.21. The number of nitrogens with zero attached hydrogens (tertiary/aromatic N) is 3. The Morgan fingerprint density at radius 3 is 2.76 bits per heavy atom. The van der Waals surface area contributed by atoms with Crippen molar-refractivity contribution in [1.29, 1.82) is 0 Å². The fourth-order valence-corrected chi connectivity index (χ4v) is 2.13. The summed E-state index contributed by atoms with van der Waals surface area (Å²) in [6, 6.07) is 10.2. The van der Waals surface area contributed by atoms with Crippen LogP contribution >= 0.6 is 11.6 Å². The van der Waals surface area contributed by atoms with Gasteiger partial charge in [0.15, 0.2) is 6.29 Å². The Labute approximate surface area is 129 Å². The number of hydrogen-bond acceptors (Lipinski definition) is 5. The van der Waals surface area contributed by atoms with Crippen LogP contribution in [0.2, 0.25) is 5.15 Å². The smallest absolute Gasteiger partial charge is 0.156 e. The Kier molecular flexibility index (Phi) is 5.51. The summed E-state index contributed by atoms with van der Waals surface area (Å²) in [6.45, 7) is 1.59. The van der Waals surface area contributed by atoms with Crippen LogP contribution in [-0.4, -0.2) is 36.4 Å². The van der Waals surface area contributed by atoms with Crippen LogP contribution in [0, 0.1) is 0 Å². The average molecular weight is 305 g/mol. The first kappa shape index (κ1) is 15.3. The SMILES string of the molecule is CN(CCCNc1ncnc(Cl)c1C=O)c1ccccc1. The van der Waals surface area contributed by atoms with E-state index in [2.05, 4.69) is 32.3 Å². The normalized spacial score (nSPS) is 10.2. The van der Waals surface area contributed by atoms with E-state index >= 15 is 0 Å². The first-order valence-corrected chi connectivity index (χ1v) is 7.06. The zero-order valence-electron chi connectivity index (χ0n) is 11.8. The van der Waals surface area contributed by atoms with Crippen molar-refractivity contribution >= 4 is 29.4 Å². The molecule has 5 nitrogen and oxygen atoms in total. The number of aromatic nitrogens is 2.